The highest BCUT2D eigenvalue weighted by molar-refractivity contribution is 5.97. The van der Waals surface area contributed by atoms with Gasteiger partial charge in [-0.1, -0.05) is 42.5 Å². The van der Waals surface area contributed by atoms with Crippen molar-refractivity contribution in [3.8, 4) is 0 Å². The third-order valence-electron chi connectivity index (χ3n) is 5.34. The van der Waals surface area contributed by atoms with Crippen LogP contribution in [0.3, 0.4) is 0 Å². The normalized spacial score (nSPS) is 15.1. The van der Waals surface area contributed by atoms with Crippen LogP contribution < -0.4 is 10.6 Å². The van der Waals surface area contributed by atoms with Gasteiger partial charge >= 0.3 is 0 Å². The van der Waals surface area contributed by atoms with E-state index in [-0.39, 0.29) is 23.6 Å². The molecule has 6 heteroatoms. The van der Waals surface area contributed by atoms with Gasteiger partial charge in [0.05, 0.1) is 0 Å². The molecule has 2 N–H and O–H groups in total. The van der Waals surface area contributed by atoms with Gasteiger partial charge in [-0.15, -0.1) is 6.58 Å². The molecule has 0 unspecified atom stereocenters. The molecule has 1 heterocycles. The van der Waals surface area contributed by atoms with Crippen LogP contribution in [0.15, 0.2) is 73.3 Å². The Morgan fingerprint density at radius 3 is 2.10 bits per heavy atom. The second-order valence-corrected chi connectivity index (χ2v) is 7.35. The molecule has 0 aromatic heterocycles. The van der Waals surface area contributed by atoms with Crippen molar-refractivity contribution in [1.29, 1.82) is 0 Å². The van der Waals surface area contributed by atoms with E-state index >= 15 is 0 Å². The minimum Gasteiger partial charge on any atom is -0.351 e. The number of likely N-dealkylation sites (tertiary alicyclic amines) is 1. The van der Waals surface area contributed by atoms with Crippen LogP contribution in [0, 0.1) is 5.92 Å². The molecule has 156 valence electrons. The zero-order chi connectivity index (χ0) is 21.3. The Hall–Kier alpha value is -3.41. The molecule has 3 rings (SSSR count). The first-order valence-electron chi connectivity index (χ1n) is 10.2. The lowest BCUT2D eigenvalue weighted by molar-refractivity contribution is -0.124. The topological polar surface area (TPSA) is 78.5 Å². The second kappa shape index (κ2) is 10.4. The van der Waals surface area contributed by atoms with Gasteiger partial charge < -0.3 is 15.5 Å². The molecular weight excluding hydrogens is 378 g/mol. The summed E-state index contributed by atoms with van der Waals surface area (Å²) in [6, 6.07) is 17.4. The summed E-state index contributed by atoms with van der Waals surface area (Å²) in [7, 11) is 0. The van der Waals surface area contributed by atoms with Crippen LogP contribution in [0.5, 0.6) is 0 Å². The fourth-order valence-electron chi connectivity index (χ4n) is 3.69. The minimum atomic E-state index is -0.661. The van der Waals surface area contributed by atoms with Crippen molar-refractivity contribution < 1.29 is 14.4 Å². The van der Waals surface area contributed by atoms with Gasteiger partial charge in [0.15, 0.2) is 0 Å². The molecule has 30 heavy (non-hydrogen) atoms. The number of benzene rings is 2. The maximum atomic E-state index is 12.8. The van der Waals surface area contributed by atoms with Crippen molar-refractivity contribution in [2.75, 3.05) is 19.6 Å². The van der Waals surface area contributed by atoms with Gasteiger partial charge in [-0.2, -0.15) is 0 Å². The molecule has 1 aliphatic rings. The number of rotatable bonds is 7. The van der Waals surface area contributed by atoms with E-state index < -0.39 is 6.04 Å². The van der Waals surface area contributed by atoms with Crippen molar-refractivity contribution in [2.24, 2.45) is 5.92 Å². The monoisotopic (exact) mass is 405 g/mol. The first kappa shape index (κ1) is 21.3. The van der Waals surface area contributed by atoms with Crippen LogP contribution in [-0.2, 0) is 4.79 Å². The average molecular weight is 405 g/mol. The summed E-state index contributed by atoms with van der Waals surface area (Å²) < 4.78 is 0. The number of carbonyl (C=O) groups is 3. The van der Waals surface area contributed by atoms with Crippen molar-refractivity contribution in [3.63, 3.8) is 0 Å². The van der Waals surface area contributed by atoms with Crippen LogP contribution in [-0.4, -0.2) is 48.3 Å². The van der Waals surface area contributed by atoms with Gasteiger partial charge in [0, 0.05) is 30.8 Å². The highest BCUT2D eigenvalue weighted by Gasteiger charge is 2.34. The number of hydrogen-bond acceptors (Lipinski definition) is 3. The van der Waals surface area contributed by atoms with Gasteiger partial charge in [-0.3, -0.25) is 14.4 Å². The first-order valence-corrected chi connectivity index (χ1v) is 10.2. The van der Waals surface area contributed by atoms with Crippen LogP contribution in [0.1, 0.15) is 33.6 Å². The third kappa shape index (κ3) is 5.35. The standard InChI is InChI=1S/C24H27N3O3/c1-2-15-25-23(29)21(26-22(28)19-9-5-3-6-10-19)18-13-16-27(17-14-18)24(30)20-11-7-4-8-12-20/h2-12,18,21H,1,13-17H2,(H,25,29)(H,26,28)/t21-/m0/s1. The molecule has 0 saturated carbocycles. The largest absolute Gasteiger partial charge is 0.351 e. The number of carbonyl (C=O) groups excluding carboxylic acids is 3. The summed E-state index contributed by atoms with van der Waals surface area (Å²) in [5.41, 5.74) is 1.17. The Morgan fingerprint density at radius 2 is 1.53 bits per heavy atom. The van der Waals surface area contributed by atoms with E-state index in [2.05, 4.69) is 17.2 Å². The van der Waals surface area contributed by atoms with E-state index in [9.17, 15) is 14.4 Å². The summed E-state index contributed by atoms with van der Waals surface area (Å²) in [6.45, 7) is 5.05. The molecule has 0 spiro atoms. The molecule has 2 aromatic rings. The molecule has 2 aromatic carbocycles. The Morgan fingerprint density at radius 1 is 0.967 bits per heavy atom. The van der Waals surface area contributed by atoms with E-state index in [0.717, 1.165) is 0 Å². The van der Waals surface area contributed by atoms with Gasteiger partial charge in [-0.05, 0) is 43.0 Å². The fraction of sp³-hybridized carbons (Fsp3) is 0.292. The zero-order valence-electron chi connectivity index (χ0n) is 16.9. The van der Waals surface area contributed by atoms with Crippen molar-refractivity contribution in [2.45, 2.75) is 18.9 Å². The molecule has 0 bridgehead atoms. The average Bonchev–Trinajstić information content (AvgIpc) is 2.81. The summed E-state index contributed by atoms with van der Waals surface area (Å²) in [5.74, 6) is -0.568. The summed E-state index contributed by atoms with van der Waals surface area (Å²) in [6.07, 6.45) is 2.88. The molecule has 1 fully saturated rings. The molecular formula is C24H27N3O3. The minimum absolute atomic E-state index is 0.00460. The smallest absolute Gasteiger partial charge is 0.253 e. The van der Waals surface area contributed by atoms with E-state index in [1.165, 1.54) is 0 Å². The molecule has 1 saturated heterocycles. The third-order valence-corrected chi connectivity index (χ3v) is 5.34. The second-order valence-electron chi connectivity index (χ2n) is 7.35. The molecule has 3 amide bonds. The number of piperidine rings is 1. The molecule has 0 radical (unpaired) electrons. The van der Waals surface area contributed by atoms with Crippen molar-refractivity contribution in [1.82, 2.24) is 15.5 Å². The molecule has 0 aliphatic carbocycles. The number of nitrogens with one attached hydrogen (secondary N) is 2. The van der Waals surface area contributed by atoms with Crippen LogP contribution in [0.25, 0.3) is 0 Å². The molecule has 1 aliphatic heterocycles. The zero-order valence-corrected chi connectivity index (χ0v) is 16.9. The molecule has 1 atom stereocenters. The number of hydrogen-bond donors (Lipinski definition) is 2. The predicted molar refractivity (Wildman–Crippen MR) is 116 cm³/mol. The number of nitrogens with zero attached hydrogens (tertiary/aromatic N) is 1. The lowest BCUT2D eigenvalue weighted by Gasteiger charge is -2.35. The van der Waals surface area contributed by atoms with E-state index in [4.69, 9.17) is 0 Å². The lowest BCUT2D eigenvalue weighted by atomic mass is 9.88. The van der Waals surface area contributed by atoms with Gasteiger partial charge in [0.1, 0.15) is 6.04 Å². The summed E-state index contributed by atoms with van der Waals surface area (Å²) in [5, 5.41) is 5.69. The predicted octanol–water partition coefficient (Wildman–Crippen LogP) is 2.64. The fourth-order valence-corrected chi connectivity index (χ4v) is 3.69. The van der Waals surface area contributed by atoms with E-state index in [1.807, 2.05) is 29.2 Å². The van der Waals surface area contributed by atoms with Gasteiger partial charge in [0.2, 0.25) is 5.91 Å². The Kier molecular flexibility index (Phi) is 7.38. The SMILES string of the molecule is C=CCNC(=O)[C@@H](NC(=O)c1ccccc1)C1CCN(C(=O)c2ccccc2)CC1. The van der Waals surface area contributed by atoms with Gasteiger partial charge in [-0.25, -0.2) is 0 Å². The highest BCUT2D eigenvalue weighted by Crippen LogP contribution is 2.23. The lowest BCUT2D eigenvalue weighted by Crippen LogP contribution is -2.53. The van der Waals surface area contributed by atoms with Gasteiger partial charge in [0.25, 0.3) is 11.8 Å². The maximum Gasteiger partial charge on any atom is 0.253 e. The van der Waals surface area contributed by atoms with Crippen molar-refractivity contribution in [3.05, 3.63) is 84.4 Å². The van der Waals surface area contributed by atoms with Crippen molar-refractivity contribution >= 4 is 17.7 Å². The number of amides is 3. The van der Waals surface area contributed by atoms with E-state index in [1.54, 1.807) is 42.5 Å². The Labute approximate surface area is 177 Å². The first-order chi connectivity index (χ1) is 14.6. The highest BCUT2D eigenvalue weighted by atomic mass is 16.2. The van der Waals surface area contributed by atoms with Crippen LogP contribution in [0.2, 0.25) is 0 Å². The van der Waals surface area contributed by atoms with Crippen LogP contribution >= 0.6 is 0 Å². The molecule has 6 nitrogen and oxygen atoms in total. The van der Waals surface area contributed by atoms with E-state index in [0.29, 0.717) is 43.6 Å². The quantitative estimate of drug-likeness (QED) is 0.695. The Balaban J connectivity index is 1.66. The maximum absolute atomic E-state index is 12.8. The van der Waals surface area contributed by atoms with Crippen LogP contribution in [0.4, 0.5) is 0 Å². The summed E-state index contributed by atoms with van der Waals surface area (Å²) in [4.78, 5) is 39.9. The Bertz CT molecular complexity index is 875. The summed E-state index contributed by atoms with van der Waals surface area (Å²) >= 11 is 0.